The molecule has 0 aromatic heterocycles. The van der Waals surface area contributed by atoms with Gasteiger partial charge >= 0.3 is 0 Å². The molecule has 5 nitrogen and oxygen atoms in total. The molecule has 0 fully saturated rings. The standard InChI is InChI=1S/C17H17NO4/c1-11-3-4-12-9-15(10-16(12)17(11)21-2)22-14-7-5-13(6-8-14)18(19)20/h3-8,15H,9-10H2,1-2H3. The van der Waals surface area contributed by atoms with Crippen LogP contribution in [0.25, 0.3) is 0 Å². The number of nitro groups is 1. The summed E-state index contributed by atoms with van der Waals surface area (Å²) < 4.78 is 11.5. The van der Waals surface area contributed by atoms with Crippen LogP contribution >= 0.6 is 0 Å². The third-order valence-electron chi connectivity index (χ3n) is 3.99. The number of hydrogen-bond donors (Lipinski definition) is 0. The quantitative estimate of drug-likeness (QED) is 0.640. The molecule has 3 rings (SSSR count). The molecular formula is C17H17NO4. The van der Waals surface area contributed by atoms with Crippen molar-refractivity contribution in [3.63, 3.8) is 0 Å². The number of benzene rings is 2. The molecule has 114 valence electrons. The molecule has 1 atom stereocenters. The van der Waals surface area contributed by atoms with E-state index in [0.717, 1.165) is 24.2 Å². The van der Waals surface area contributed by atoms with Gasteiger partial charge in [-0.15, -0.1) is 0 Å². The smallest absolute Gasteiger partial charge is 0.269 e. The minimum absolute atomic E-state index is 0.0344. The lowest BCUT2D eigenvalue weighted by Crippen LogP contribution is -2.16. The molecule has 1 unspecified atom stereocenters. The molecule has 0 amide bonds. The number of fused-ring (bicyclic) bond motifs is 1. The first-order chi connectivity index (χ1) is 10.6. The minimum Gasteiger partial charge on any atom is -0.496 e. The molecule has 0 N–H and O–H groups in total. The average Bonchev–Trinajstić information content (AvgIpc) is 2.90. The van der Waals surface area contributed by atoms with E-state index in [-0.39, 0.29) is 11.8 Å². The van der Waals surface area contributed by atoms with Gasteiger partial charge in [-0.05, 0) is 30.2 Å². The normalized spacial score (nSPS) is 16.2. The number of non-ortho nitro benzene ring substituents is 1. The van der Waals surface area contributed by atoms with Gasteiger partial charge in [0, 0.05) is 30.5 Å². The summed E-state index contributed by atoms with van der Waals surface area (Å²) in [6, 6.07) is 10.4. The maximum atomic E-state index is 10.7. The first-order valence-electron chi connectivity index (χ1n) is 7.15. The number of hydrogen-bond acceptors (Lipinski definition) is 4. The van der Waals surface area contributed by atoms with Gasteiger partial charge in [0.2, 0.25) is 0 Å². The molecule has 0 saturated heterocycles. The van der Waals surface area contributed by atoms with Crippen molar-refractivity contribution in [2.24, 2.45) is 0 Å². The number of nitrogens with zero attached hydrogens (tertiary/aromatic N) is 1. The topological polar surface area (TPSA) is 61.6 Å². The fourth-order valence-electron chi connectivity index (χ4n) is 2.95. The number of nitro benzene ring substituents is 1. The number of methoxy groups -OCH3 is 1. The summed E-state index contributed by atoms with van der Waals surface area (Å²) in [5.74, 6) is 1.59. The summed E-state index contributed by atoms with van der Waals surface area (Å²) in [5, 5.41) is 10.7. The fourth-order valence-corrected chi connectivity index (χ4v) is 2.95. The molecule has 2 aromatic carbocycles. The molecule has 0 spiro atoms. The average molecular weight is 299 g/mol. The van der Waals surface area contributed by atoms with E-state index < -0.39 is 4.92 Å². The molecule has 1 aliphatic rings. The third kappa shape index (κ3) is 2.62. The molecule has 0 bridgehead atoms. The Balaban J connectivity index is 1.75. The maximum absolute atomic E-state index is 10.7. The van der Waals surface area contributed by atoms with Crippen LogP contribution in [0.5, 0.6) is 11.5 Å². The Morgan fingerprint density at radius 3 is 2.50 bits per heavy atom. The Morgan fingerprint density at radius 1 is 1.14 bits per heavy atom. The second-order valence-electron chi connectivity index (χ2n) is 5.45. The van der Waals surface area contributed by atoms with E-state index in [1.165, 1.54) is 23.3 Å². The molecule has 22 heavy (non-hydrogen) atoms. The van der Waals surface area contributed by atoms with Crippen LogP contribution in [0.15, 0.2) is 36.4 Å². The zero-order valence-corrected chi connectivity index (χ0v) is 12.5. The van der Waals surface area contributed by atoms with Crippen LogP contribution in [0.1, 0.15) is 16.7 Å². The Hall–Kier alpha value is -2.56. The Kier molecular flexibility index (Phi) is 3.71. The molecule has 0 heterocycles. The van der Waals surface area contributed by atoms with Gasteiger partial charge in [-0.3, -0.25) is 10.1 Å². The highest BCUT2D eigenvalue weighted by Crippen LogP contribution is 2.35. The monoisotopic (exact) mass is 299 g/mol. The van der Waals surface area contributed by atoms with Crippen molar-refractivity contribution < 1.29 is 14.4 Å². The predicted molar refractivity (Wildman–Crippen MR) is 82.7 cm³/mol. The SMILES string of the molecule is COc1c(C)ccc2c1CC(Oc1ccc([N+](=O)[O-])cc1)C2. The molecule has 2 aromatic rings. The van der Waals surface area contributed by atoms with Crippen molar-refractivity contribution >= 4 is 5.69 Å². The van der Waals surface area contributed by atoms with E-state index in [9.17, 15) is 10.1 Å². The first-order valence-corrected chi connectivity index (χ1v) is 7.15. The third-order valence-corrected chi connectivity index (χ3v) is 3.99. The van der Waals surface area contributed by atoms with Crippen LogP contribution in [0, 0.1) is 17.0 Å². The van der Waals surface area contributed by atoms with Crippen LogP contribution in [-0.2, 0) is 12.8 Å². The zero-order chi connectivity index (χ0) is 15.7. The number of rotatable bonds is 4. The van der Waals surface area contributed by atoms with Crippen molar-refractivity contribution in [2.75, 3.05) is 7.11 Å². The lowest BCUT2D eigenvalue weighted by Gasteiger charge is -2.13. The van der Waals surface area contributed by atoms with Crippen LogP contribution in [0.3, 0.4) is 0 Å². The second kappa shape index (κ2) is 5.67. The molecule has 0 saturated carbocycles. The predicted octanol–water partition coefficient (Wildman–Crippen LogP) is 3.46. The lowest BCUT2D eigenvalue weighted by molar-refractivity contribution is -0.384. The summed E-state index contributed by atoms with van der Waals surface area (Å²) in [4.78, 5) is 10.2. The summed E-state index contributed by atoms with van der Waals surface area (Å²) in [6.07, 6.45) is 1.65. The summed E-state index contributed by atoms with van der Waals surface area (Å²) >= 11 is 0. The summed E-state index contributed by atoms with van der Waals surface area (Å²) in [7, 11) is 1.69. The maximum Gasteiger partial charge on any atom is 0.269 e. The van der Waals surface area contributed by atoms with Gasteiger partial charge < -0.3 is 9.47 Å². The van der Waals surface area contributed by atoms with E-state index in [2.05, 4.69) is 12.1 Å². The zero-order valence-electron chi connectivity index (χ0n) is 12.5. The van der Waals surface area contributed by atoms with Crippen LogP contribution < -0.4 is 9.47 Å². The summed E-state index contributed by atoms with van der Waals surface area (Å²) in [5.41, 5.74) is 3.64. The first kappa shape index (κ1) is 14.4. The van der Waals surface area contributed by atoms with E-state index in [4.69, 9.17) is 9.47 Å². The van der Waals surface area contributed by atoms with Crippen molar-refractivity contribution in [1.82, 2.24) is 0 Å². The molecular weight excluding hydrogens is 282 g/mol. The second-order valence-corrected chi connectivity index (χ2v) is 5.45. The Morgan fingerprint density at radius 2 is 1.86 bits per heavy atom. The molecule has 1 aliphatic carbocycles. The van der Waals surface area contributed by atoms with Gasteiger partial charge in [-0.1, -0.05) is 12.1 Å². The van der Waals surface area contributed by atoms with E-state index in [1.54, 1.807) is 19.2 Å². The highest BCUT2D eigenvalue weighted by atomic mass is 16.6. The van der Waals surface area contributed by atoms with Gasteiger partial charge in [0.25, 0.3) is 5.69 Å². The lowest BCUT2D eigenvalue weighted by atomic mass is 10.1. The van der Waals surface area contributed by atoms with E-state index in [0.29, 0.717) is 5.75 Å². The van der Waals surface area contributed by atoms with Crippen molar-refractivity contribution in [3.05, 3.63) is 63.2 Å². The Bertz CT molecular complexity index is 709. The highest BCUT2D eigenvalue weighted by molar-refractivity contribution is 5.49. The largest absolute Gasteiger partial charge is 0.496 e. The minimum atomic E-state index is -0.414. The molecule has 0 aliphatic heterocycles. The van der Waals surface area contributed by atoms with Gasteiger partial charge in [-0.2, -0.15) is 0 Å². The highest BCUT2D eigenvalue weighted by Gasteiger charge is 2.26. The van der Waals surface area contributed by atoms with E-state index >= 15 is 0 Å². The van der Waals surface area contributed by atoms with Gasteiger partial charge in [0.05, 0.1) is 12.0 Å². The van der Waals surface area contributed by atoms with E-state index in [1.807, 2.05) is 6.92 Å². The van der Waals surface area contributed by atoms with Gasteiger partial charge in [0.15, 0.2) is 0 Å². The summed E-state index contributed by atoms with van der Waals surface area (Å²) in [6.45, 7) is 2.03. The fraction of sp³-hybridized carbons (Fsp3) is 0.294. The van der Waals surface area contributed by atoms with Gasteiger partial charge in [-0.25, -0.2) is 0 Å². The molecule has 0 radical (unpaired) electrons. The van der Waals surface area contributed by atoms with Crippen LogP contribution in [-0.4, -0.2) is 18.1 Å². The van der Waals surface area contributed by atoms with Crippen LogP contribution in [0.2, 0.25) is 0 Å². The molecule has 5 heteroatoms. The van der Waals surface area contributed by atoms with Crippen molar-refractivity contribution in [3.8, 4) is 11.5 Å². The Labute approximate surface area is 128 Å². The van der Waals surface area contributed by atoms with Crippen molar-refractivity contribution in [1.29, 1.82) is 0 Å². The van der Waals surface area contributed by atoms with Crippen LogP contribution in [0.4, 0.5) is 5.69 Å². The number of ether oxygens (including phenoxy) is 2. The number of aryl methyl sites for hydroxylation is 1. The van der Waals surface area contributed by atoms with Gasteiger partial charge in [0.1, 0.15) is 17.6 Å². The van der Waals surface area contributed by atoms with Crippen molar-refractivity contribution in [2.45, 2.75) is 25.9 Å².